The molecule has 3 aliphatic rings. The molecule has 1 fully saturated rings. The first-order valence-corrected chi connectivity index (χ1v) is 10.9. The van der Waals surface area contributed by atoms with Crippen LogP contribution in [0.4, 0.5) is 0 Å². The van der Waals surface area contributed by atoms with Gasteiger partial charge in [0.05, 0.1) is 0 Å². The number of hydrogen-bond donors (Lipinski definition) is 1. The van der Waals surface area contributed by atoms with Crippen LogP contribution in [0.25, 0.3) is 0 Å². The van der Waals surface area contributed by atoms with Crippen LogP contribution in [0.2, 0.25) is 0 Å². The molecule has 2 heterocycles. The SMILES string of the molecule is CNC(=O)C(CCC=O)N1Cc2cc3c(cc2C1=O)CN(C(=O)C1CCCCC1)C3. The first kappa shape index (κ1) is 20.6. The highest BCUT2D eigenvalue weighted by Gasteiger charge is 2.38. The summed E-state index contributed by atoms with van der Waals surface area (Å²) in [6.07, 6.45) is 6.77. The molecule has 1 unspecified atom stereocenters. The zero-order valence-electron chi connectivity index (χ0n) is 17.5. The number of fused-ring (bicyclic) bond motifs is 2. The molecule has 1 N–H and O–H groups in total. The minimum Gasteiger partial charge on any atom is -0.357 e. The Labute approximate surface area is 176 Å². The summed E-state index contributed by atoms with van der Waals surface area (Å²) < 4.78 is 0. The van der Waals surface area contributed by atoms with Crippen molar-refractivity contribution in [3.8, 4) is 0 Å². The first-order chi connectivity index (χ1) is 14.5. The lowest BCUT2D eigenvalue weighted by molar-refractivity contribution is -0.137. The van der Waals surface area contributed by atoms with E-state index in [-0.39, 0.29) is 30.1 Å². The number of hydrogen-bond acceptors (Lipinski definition) is 4. The Morgan fingerprint density at radius 2 is 1.80 bits per heavy atom. The summed E-state index contributed by atoms with van der Waals surface area (Å²) in [7, 11) is 1.54. The molecule has 7 nitrogen and oxygen atoms in total. The summed E-state index contributed by atoms with van der Waals surface area (Å²) in [4.78, 5) is 52.6. The van der Waals surface area contributed by atoms with E-state index < -0.39 is 6.04 Å². The molecule has 1 atom stereocenters. The van der Waals surface area contributed by atoms with E-state index in [1.165, 1.54) is 13.5 Å². The Morgan fingerprint density at radius 1 is 1.10 bits per heavy atom. The molecule has 7 heteroatoms. The fourth-order valence-corrected chi connectivity index (χ4v) is 5.08. The highest BCUT2D eigenvalue weighted by molar-refractivity contribution is 6.01. The average molecular weight is 412 g/mol. The fourth-order valence-electron chi connectivity index (χ4n) is 5.08. The van der Waals surface area contributed by atoms with Crippen molar-refractivity contribution < 1.29 is 19.2 Å². The molecule has 0 bridgehead atoms. The van der Waals surface area contributed by atoms with Gasteiger partial charge < -0.3 is 19.9 Å². The van der Waals surface area contributed by atoms with Gasteiger partial charge in [-0.15, -0.1) is 0 Å². The van der Waals surface area contributed by atoms with Crippen LogP contribution in [0.15, 0.2) is 12.1 Å². The summed E-state index contributed by atoms with van der Waals surface area (Å²) in [5, 5.41) is 2.60. The van der Waals surface area contributed by atoms with Gasteiger partial charge in [-0.3, -0.25) is 14.4 Å². The highest BCUT2D eigenvalue weighted by atomic mass is 16.2. The van der Waals surface area contributed by atoms with Crippen molar-refractivity contribution in [3.63, 3.8) is 0 Å². The maximum atomic E-state index is 13.1. The van der Waals surface area contributed by atoms with Gasteiger partial charge in [0, 0.05) is 44.6 Å². The van der Waals surface area contributed by atoms with E-state index in [0.717, 1.165) is 48.7 Å². The third-order valence-corrected chi connectivity index (χ3v) is 6.73. The molecule has 3 amide bonds. The predicted molar refractivity (Wildman–Crippen MR) is 110 cm³/mol. The van der Waals surface area contributed by atoms with Crippen LogP contribution in [0.5, 0.6) is 0 Å². The Bertz CT molecular complexity index is 875. The van der Waals surface area contributed by atoms with Gasteiger partial charge in [-0.05, 0) is 42.0 Å². The number of carbonyl (C=O) groups excluding carboxylic acids is 4. The van der Waals surface area contributed by atoms with Crippen molar-refractivity contribution in [2.45, 2.75) is 70.6 Å². The smallest absolute Gasteiger partial charge is 0.255 e. The normalized spacial score (nSPS) is 19.4. The summed E-state index contributed by atoms with van der Waals surface area (Å²) in [6.45, 7) is 1.50. The summed E-state index contributed by atoms with van der Waals surface area (Å²) in [5.41, 5.74) is 3.63. The minimum atomic E-state index is -0.653. The molecule has 0 saturated heterocycles. The van der Waals surface area contributed by atoms with E-state index in [0.29, 0.717) is 31.6 Å². The molecule has 0 spiro atoms. The lowest BCUT2D eigenvalue weighted by atomic mass is 9.88. The van der Waals surface area contributed by atoms with Gasteiger partial charge in [-0.25, -0.2) is 0 Å². The van der Waals surface area contributed by atoms with Crippen molar-refractivity contribution >= 4 is 24.0 Å². The second-order valence-electron chi connectivity index (χ2n) is 8.61. The molecule has 0 radical (unpaired) electrons. The van der Waals surface area contributed by atoms with Gasteiger partial charge in [0.2, 0.25) is 11.8 Å². The number of carbonyl (C=O) groups is 4. The number of benzene rings is 1. The van der Waals surface area contributed by atoms with Crippen LogP contribution >= 0.6 is 0 Å². The number of nitrogens with one attached hydrogen (secondary N) is 1. The van der Waals surface area contributed by atoms with Crippen LogP contribution in [0, 0.1) is 5.92 Å². The first-order valence-electron chi connectivity index (χ1n) is 10.9. The molecule has 1 aromatic rings. The van der Waals surface area contributed by atoms with E-state index in [1.54, 1.807) is 4.90 Å². The Balaban J connectivity index is 1.50. The maximum Gasteiger partial charge on any atom is 0.255 e. The Morgan fingerprint density at radius 3 is 2.47 bits per heavy atom. The quantitative estimate of drug-likeness (QED) is 0.727. The molecule has 0 aromatic heterocycles. The van der Waals surface area contributed by atoms with Gasteiger partial charge in [0.25, 0.3) is 5.91 Å². The van der Waals surface area contributed by atoms with Gasteiger partial charge in [0.1, 0.15) is 12.3 Å². The van der Waals surface area contributed by atoms with E-state index in [2.05, 4.69) is 5.32 Å². The zero-order valence-corrected chi connectivity index (χ0v) is 17.5. The molecule has 160 valence electrons. The van der Waals surface area contributed by atoms with Gasteiger partial charge >= 0.3 is 0 Å². The number of nitrogens with zero attached hydrogens (tertiary/aromatic N) is 2. The van der Waals surface area contributed by atoms with Crippen molar-refractivity contribution in [2.24, 2.45) is 5.92 Å². The van der Waals surface area contributed by atoms with Crippen molar-refractivity contribution in [2.75, 3.05) is 7.05 Å². The second kappa shape index (κ2) is 8.58. The Kier molecular flexibility index (Phi) is 5.88. The molecule has 2 aliphatic heterocycles. The van der Waals surface area contributed by atoms with Crippen LogP contribution in [-0.2, 0) is 34.0 Å². The second-order valence-corrected chi connectivity index (χ2v) is 8.61. The fraction of sp³-hybridized carbons (Fsp3) is 0.565. The minimum absolute atomic E-state index is 0.142. The third-order valence-electron chi connectivity index (χ3n) is 6.73. The van der Waals surface area contributed by atoms with E-state index in [9.17, 15) is 19.2 Å². The molecule has 1 aromatic carbocycles. The molecular weight excluding hydrogens is 382 g/mol. The van der Waals surface area contributed by atoms with Crippen LogP contribution in [-0.4, -0.2) is 46.9 Å². The van der Waals surface area contributed by atoms with Gasteiger partial charge in [0.15, 0.2) is 0 Å². The predicted octanol–water partition coefficient (Wildman–Crippen LogP) is 2.16. The topological polar surface area (TPSA) is 86.8 Å². The van der Waals surface area contributed by atoms with Crippen molar-refractivity contribution in [1.82, 2.24) is 15.1 Å². The largest absolute Gasteiger partial charge is 0.357 e. The molecule has 1 saturated carbocycles. The Hall–Kier alpha value is -2.70. The average Bonchev–Trinajstić information content (AvgIpc) is 3.33. The van der Waals surface area contributed by atoms with Crippen LogP contribution in [0.3, 0.4) is 0 Å². The maximum absolute atomic E-state index is 13.1. The standard InChI is InChI=1S/C23H29N3O4/c1-24-21(28)20(8-5-9-27)26-14-18-10-16-12-25(13-17(16)11-19(18)23(26)30)22(29)15-6-3-2-4-7-15/h9-11,15,20H,2-8,12-14H2,1H3,(H,24,28). The number of rotatable bonds is 6. The van der Waals surface area contributed by atoms with Crippen molar-refractivity contribution in [1.29, 1.82) is 0 Å². The van der Waals surface area contributed by atoms with Crippen molar-refractivity contribution in [3.05, 3.63) is 34.4 Å². The zero-order chi connectivity index (χ0) is 21.3. The molecular formula is C23H29N3O4. The molecule has 1 aliphatic carbocycles. The summed E-state index contributed by atoms with van der Waals surface area (Å²) in [6, 6.07) is 3.28. The summed E-state index contributed by atoms with van der Waals surface area (Å²) in [5.74, 6) is -0.0464. The lowest BCUT2D eigenvalue weighted by Crippen LogP contribution is -2.46. The lowest BCUT2D eigenvalue weighted by Gasteiger charge is -2.26. The van der Waals surface area contributed by atoms with Gasteiger partial charge in [-0.2, -0.15) is 0 Å². The third kappa shape index (κ3) is 3.73. The number of likely N-dealkylation sites (N-methyl/N-ethyl adjacent to an activating group) is 1. The van der Waals surface area contributed by atoms with E-state index in [4.69, 9.17) is 0 Å². The van der Waals surface area contributed by atoms with Crippen LogP contribution < -0.4 is 5.32 Å². The number of aldehydes is 1. The summed E-state index contributed by atoms with van der Waals surface area (Å²) >= 11 is 0. The number of amides is 3. The van der Waals surface area contributed by atoms with E-state index in [1.807, 2.05) is 17.0 Å². The highest BCUT2D eigenvalue weighted by Crippen LogP contribution is 2.34. The van der Waals surface area contributed by atoms with Gasteiger partial charge in [-0.1, -0.05) is 25.3 Å². The molecule has 30 heavy (non-hydrogen) atoms. The van der Waals surface area contributed by atoms with E-state index >= 15 is 0 Å². The van der Waals surface area contributed by atoms with Crippen LogP contribution in [0.1, 0.15) is 72.0 Å². The monoisotopic (exact) mass is 411 g/mol. The molecule has 4 rings (SSSR count).